The summed E-state index contributed by atoms with van der Waals surface area (Å²) in [6, 6.07) is 8.29. The molecule has 114 valence electrons. The van der Waals surface area contributed by atoms with Crippen LogP contribution in [0.4, 0.5) is 0 Å². The summed E-state index contributed by atoms with van der Waals surface area (Å²) in [5.41, 5.74) is 2.36. The summed E-state index contributed by atoms with van der Waals surface area (Å²) >= 11 is 0. The highest BCUT2D eigenvalue weighted by Gasteiger charge is 2.31. The number of nitrogens with one attached hydrogen (secondary N) is 2. The van der Waals surface area contributed by atoms with Gasteiger partial charge in [-0.1, -0.05) is 37.1 Å². The minimum atomic E-state index is -0.115. The number of amides is 1. The fraction of sp³-hybridized carbons (Fsp3) is 0.588. The molecule has 1 fully saturated rings. The first-order chi connectivity index (χ1) is 10.3. The van der Waals surface area contributed by atoms with Crippen molar-refractivity contribution >= 4 is 5.91 Å². The van der Waals surface area contributed by atoms with Crippen LogP contribution in [0.5, 0.6) is 0 Å². The second kappa shape index (κ2) is 6.58. The van der Waals surface area contributed by atoms with E-state index in [0.717, 1.165) is 37.8 Å². The molecule has 1 aromatic rings. The van der Waals surface area contributed by atoms with Crippen molar-refractivity contribution in [2.75, 3.05) is 13.2 Å². The third-order valence-electron chi connectivity index (χ3n) is 4.88. The van der Waals surface area contributed by atoms with Crippen LogP contribution in [0.25, 0.3) is 0 Å². The maximum atomic E-state index is 12.7. The number of fused-ring (bicyclic) bond motifs is 1. The number of aliphatic hydroxyl groups excluding tert-OH is 1. The molecule has 0 aromatic heterocycles. The van der Waals surface area contributed by atoms with E-state index in [1.165, 1.54) is 5.56 Å². The van der Waals surface area contributed by atoms with Gasteiger partial charge in [-0.15, -0.1) is 0 Å². The van der Waals surface area contributed by atoms with E-state index in [1.54, 1.807) is 0 Å². The van der Waals surface area contributed by atoms with Crippen LogP contribution in [0.15, 0.2) is 24.3 Å². The van der Waals surface area contributed by atoms with Gasteiger partial charge >= 0.3 is 0 Å². The van der Waals surface area contributed by atoms with Crippen molar-refractivity contribution in [2.24, 2.45) is 5.92 Å². The van der Waals surface area contributed by atoms with Gasteiger partial charge in [-0.3, -0.25) is 4.79 Å². The summed E-state index contributed by atoms with van der Waals surface area (Å²) in [5.74, 6) is 0.200. The van der Waals surface area contributed by atoms with Crippen LogP contribution in [0.1, 0.15) is 42.7 Å². The molecule has 4 nitrogen and oxygen atoms in total. The van der Waals surface area contributed by atoms with E-state index >= 15 is 0 Å². The summed E-state index contributed by atoms with van der Waals surface area (Å²) in [5, 5.41) is 16.0. The molecule has 1 saturated carbocycles. The number of hydrogen-bond donors (Lipinski definition) is 3. The van der Waals surface area contributed by atoms with E-state index in [-0.39, 0.29) is 30.4 Å². The third kappa shape index (κ3) is 3.11. The molecule has 0 bridgehead atoms. The van der Waals surface area contributed by atoms with Crippen molar-refractivity contribution in [3.8, 4) is 0 Å². The van der Waals surface area contributed by atoms with Crippen molar-refractivity contribution < 1.29 is 9.90 Å². The smallest absolute Gasteiger partial charge is 0.229 e. The maximum absolute atomic E-state index is 12.7. The van der Waals surface area contributed by atoms with Crippen molar-refractivity contribution in [3.05, 3.63) is 35.4 Å². The molecule has 2 aliphatic rings. The molecule has 0 radical (unpaired) electrons. The number of aliphatic hydroxyl groups is 1. The van der Waals surface area contributed by atoms with Gasteiger partial charge in [-0.05, 0) is 24.0 Å². The molecule has 3 rings (SSSR count). The quantitative estimate of drug-likeness (QED) is 0.790. The van der Waals surface area contributed by atoms with Crippen molar-refractivity contribution in [2.45, 2.75) is 44.2 Å². The number of benzene rings is 1. The van der Waals surface area contributed by atoms with Gasteiger partial charge in [0, 0.05) is 31.7 Å². The number of hydrogen-bond acceptors (Lipinski definition) is 3. The van der Waals surface area contributed by atoms with E-state index in [0.29, 0.717) is 6.54 Å². The van der Waals surface area contributed by atoms with Gasteiger partial charge in [0.15, 0.2) is 0 Å². The largest absolute Gasteiger partial charge is 0.396 e. The van der Waals surface area contributed by atoms with Gasteiger partial charge in [0.2, 0.25) is 5.91 Å². The van der Waals surface area contributed by atoms with E-state index in [1.807, 2.05) is 12.1 Å². The van der Waals surface area contributed by atoms with Crippen LogP contribution >= 0.6 is 0 Å². The van der Waals surface area contributed by atoms with E-state index in [4.69, 9.17) is 0 Å². The Labute approximate surface area is 125 Å². The van der Waals surface area contributed by atoms with Crippen molar-refractivity contribution in [3.63, 3.8) is 0 Å². The molecule has 1 aromatic carbocycles. The van der Waals surface area contributed by atoms with Crippen LogP contribution in [0.3, 0.4) is 0 Å². The fourth-order valence-electron chi connectivity index (χ4n) is 3.63. The number of carbonyl (C=O) groups excluding carboxylic acids is 1. The Morgan fingerprint density at radius 3 is 2.95 bits per heavy atom. The molecule has 1 heterocycles. The molecule has 1 aliphatic heterocycles. The normalized spacial score (nSPS) is 28.7. The van der Waals surface area contributed by atoms with E-state index in [9.17, 15) is 9.90 Å². The molecule has 1 amide bonds. The van der Waals surface area contributed by atoms with Crippen LogP contribution in [-0.2, 0) is 11.3 Å². The predicted octanol–water partition coefficient (Wildman–Crippen LogP) is 1.54. The third-order valence-corrected chi connectivity index (χ3v) is 4.88. The van der Waals surface area contributed by atoms with Crippen LogP contribution in [0.2, 0.25) is 0 Å². The summed E-state index contributed by atoms with van der Waals surface area (Å²) in [7, 11) is 0. The predicted molar refractivity (Wildman–Crippen MR) is 81.9 cm³/mol. The topological polar surface area (TPSA) is 61.4 Å². The lowest BCUT2D eigenvalue weighted by Gasteiger charge is -2.33. The number of carbonyl (C=O) groups is 1. The SMILES string of the molecule is O=C(NC1CCCCC1CO)C1CNCc2ccccc21. The second-order valence-electron chi connectivity index (χ2n) is 6.22. The standard InChI is InChI=1S/C17H24N2O2/c20-11-13-6-2-4-8-16(13)19-17(21)15-10-18-9-12-5-1-3-7-14(12)15/h1,3,5,7,13,15-16,18,20H,2,4,6,8-11H2,(H,19,21). The maximum Gasteiger partial charge on any atom is 0.229 e. The molecule has 21 heavy (non-hydrogen) atoms. The summed E-state index contributed by atoms with van der Waals surface area (Å²) in [6.45, 7) is 1.70. The minimum Gasteiger partial charge on any atom is -0.396 e. The highest BCUT2D eigenvalue weighted by molar-refractivity contribution is 5.85. The van der Waals surface area contributed by atoms with E-state index in [2.05, 4.69) is 22.8 Å². The van der Waals surface area contributed by atoms with Gasteiger partial charge in [0.05, 0.1) is 5.92 Å². The highest BCUT2D eigenvalue weighted by Crippen LogP contribution is 2.27. The lowest BCUT2D eigenvalue weighted by molar-refractivity contribution is -0.124. The Bertz CT molecular complexity index is 503. The number of rotatable bonds is 3. The highest BCUT2D eigenvalue weighted by atomic mass is 16.3. The Morgan fingerprint density at radius 1 is 1.29 bits per heavy atom. The first kappa shape index (κ1) is 14.5. The molecule has 0 spiro atoms. The van der Waals surface area contributed by atoms with Gasteiger partial charge in [0.1, 0.15) is 0 Å². The molecular weight excluding hydrogens is 264 g/mol. The molecular formula is C17H24N2O2. The van der Waals surface area contributed by atoms with Gasteiger partial charge in [-0.25, -0.2) is 0 Å². The molecule has 3 N–H and O–H groups in total. The Kier molecular flexibility index (Phi) is 4.56. The first-order valence-corrected chi connectivity index (χ1v) is 7.99. The van der Waals surface area contributed by atoms with Crippen LogP contribution < -0.4 is 10.6 Å². The lowest BCUT2D eigenvalue weighted by Crippen LogP contribution is -2.47. The molecule has 4 heteroatoms. The van der Waals surface area contributed by atoms with Crippen molar-refractivity contribution in [1.29, 1.82) is 0 Å². The fourth-order valence-corrected chi connectivity index (χ4v) is 3.63. The minimum absolute atomic E-state index is 0.0972. The lowest BCUT2D eigenvalue weighted by atomic mass is 9.84. The van der Waals surface area contributed by atoms with Crippen LogP contribution in [0, 0.1) is 5.92 Å². The monoisotopic (exact) mass is 288 g/mol. The Morgan fingerprint density at radius 2 is 2.10 bits per heavy atom. The molecule has 3 atom stereocenters. The van der Waals surface area contributed by atoms with Gasteiger partial charge in [-0.2, -0.15) is 0 Å². The van der Waals surface area contributed by atoms with E-state index < -0.39 is 0 Å². The zero-order valence-corrected chi connectivity index (χ0v) is 12.3. The van der Waals surface area contributed by atoms with Crippen molar-refractivity contribution in [1.82, 2.24) is 10.6 Å². The van der Waals surface area contributed by atoms with Gasteiger partial charge in [0.25, 0.3) is 0 Å². The zero-order chi connectivity index (χ0) is 14.7. The van der Waals surface area contributed by atoms with Gasteiger partial charge < -0.3 is 15.7 Å². The molecule has 3 unspecified atom stereocenters. The zero-order valence-electron chi connectivity index (χ0n) is 12.3. The first-order valence-electron chi connectivity index (χ1n) is 7.99. The molecule has 0 saturated heterocycles. The summed E-state index contributed by atoms with van der Waals surface area (Å²) in [6.07, 6.45) is 4.30. The summed E-state index contributed by atoms with van der Waals surface area (Å²) < 4.78 is 0. The average molecular weight is 288 g/mol. The Balaban J connectivity index is 1.71. The summed E-state index contributed by atoms with van der Waals surface area (Å²) in [4.78, 5) is 12.7. The van der Waals surface area contributed by atoms with Crippen LogP contribution in [-0.4, -0.2) is 30.2 Å². The molecule has 1 aliphatic carbocycles. The Hall–Kier alpha value is -1.39. The average Bonchev–Trinajstić information content (AvgIpc) is 2.54. The second-order valence-corrected chi connectivity index (χ2v) is 6.22.